The van der Waals surface area contributed by atoms with Crippen molar-refractivity contribution in [2.75, 3.05) is 39.8 Å². The van der Waals surface area contributed by atoms with Gasteiger partial charge in [0.05, 0.1) is 6.61 Å². The van der Waals surface area contributed by atoms with Crippen LogP contribution in [0, 0.1) is 0 Å². The van der Waals surface area contributed by atoms with Crippen LogP contribution in [-0.4, -0.2) is 67.7 Å². The molecule has 7 nitrogen and oxygen atoms in total. The van der Waals surface area contributed by atoms with Gasteiger partial charge in [0.25, 0.3) is 0 Å². The van der Waals surface area contributed by atoms with Crippen LogP contribution in [0.4, 0.5) is 4.79 Å². The lowest BCUT2D eigenvalue weighted by molar-refractivity contribution is 0.0963. The molecule has 0 atom stereocenters. The molecular weight excluding hydrogens is 469 g/mol. The summed E-state index contributed by atoms with van der Waals surface area (Å²) in [5, 5.41) is 3.27. The van der Waals surface area contributed by atoms with E-state index in [1.165, 1.54) is 5.56 Å². The molecule has 0 radical (unpaired) electrons. The number of guanidine groups is 1. The van der Waals surface area contributed by atoms with Crippen LogP contribution in [0.2, 0.25) is 0 Å². The standard InChI is InChI=1S/C20H33N5O2.HI/c1-3-27-20(26)25-14-10-18(11-15-25)23-19(21)22-12-7-13-24(2)16-17-8-5-4-6-9-17;/h4-6,8-9,18H,3,7,10-16H2,1-2H3,(H3,21,22,23);1H. The molecule has 1 heterocycles. The van der Waals surface area contributed by atoms with Crippen molar-refractivity contribution in [1.29, 1.82) is 0 Å². The van der Waals surface area contributed by atoms with E-state index >= 15 is 0 Å². The van der Waals surface area contributed by atoms with Gasteiger partial charge in [0, 0.05) is 32.2 Å². The summed E-state index contributed by atoms with van der Waals surface area (Å²) in [4.78, 5) is 20.2. The molecule has 1 aliphatic rings. The van der Waals surface area contributed by atoms with Gasteiger partial charge in [-0.2, -0.15) is 0 Å². The van der Waals surface area contributed by atoms with Crippen LogP contribution in [0.5, 0.6) is 0 Å². The normalized spacial score (nSPS) is 15.2. The number of aliphatic imine (C=N–C) groups is 1. The van der Waals surface area contributed by atoms with E-state index in [0.29, 0.717) is 32.2 Å². The van der Waals surface area contributed by atoms with Crippen molar-refractivity contribution < 1.29 is 9.53 Å². The van der Waals surface area contributed by atoms with Crippen LogP contribution in [0.15, 0.2) is 35.3 Å². The molecule has 1 amide bonds. The van der Waals surface area contributed by atoms with Gasteiger partial charge >= 0.3 is 6.09 Å². The predicted octanol–water partition coefficient (Wildman–Crippen LogP) is 2.65. The fourth-order valence-electron chi connectivity index (χ4n) is 3.19. The third kappa shape index (κ3) is 9.09. The molecule has 158 valence electrons. The lowest BCUT2D eigenvalue weighted by atomic mass is 10.1. The molecule has 0 bridgehead atoms. The van der Waals surface area contributed by atoms with Crippen LogP contribution in [0.3, 0.4) is 0 Å². The number of hydrogen-bond acceptors (Lipinski definition) is 4. The molecule has 1 aromatic carbocycles. The van der Waals surface area contributed by atoms with Gasteiger partial charge in [-0.25, -0.2) is 4.79 Å². The molecule has 8 heteroatoms. The number of nitrogens with one attached hydrogen (secondary N) is 1. The first-order chi connectivity index (χ1) is 13.1. The summed E-state index contributed by atoms with van der Waals surface area (Å²) < 4.78 is 5.03. The number of rotatable bonds is 8. The van der Waals surface area contributed by atoms with Crippen LogP contribution in [0.1, 0.15) is 31.7 Å². The van der Waals surface area contributed by atoms with Gasteiger partial charge < -0.3 is 25.6 Å². The molecule has 0 aliphatic carbocycles. The van der Waals surface area contributed by atoms with E-state index in [9.17, 15) is 4.79 Å². The van der Waals surface area contributed by atoms with Crippen molar-refractivity contribution in [2.45, 2.75) is 38.8 Å². The predicted molar refractivity (Wildman–Crippen MR) is 124 cm³/mol. The summed E-state index contributed by atoms with van der Waals surface area (Å²) in [7, 11) is 2.12. The van der Waals surface area contributed by atoms with Crippen LogP contribution >= 0.6 is 24.0 Å². The largest absolute Gasteiger partial charge is 0.450 e. The number of halogens is 1. The number of amides is 1. The summed E-state index contributed by atoms with van der Waals surface area (Å²) in [5.41, 5.74) is 7.33. The maximum absolute atomic E-state index is 11.7. The molecule has 1 aliphatic heterocycles. The molecule has 1 fully saturated rings. The Hall–Kier alpha value is -1.55. The van der Waals surface area contributed by atoms with Crippen molar-refractivity contribution in [3.8, 4) is 0 Å². The quantitative estimate of drug-likeness (QED) is 0.247. The molecule has 3 N–H and O–H groups in total. The van der Waals surface area contributed by atoms with Gasteiger partial charge in [-0.15, -0.1) is 24.0 Å². The Balaban J connectivity index is 0.00000392. The number of likely N-dealkylation sites (tertiary alicyclic amines) is 1. The molecule has 0 spiro atoms. The highest BCUT2D eigenvalue weighted by Crippen LogP contribution is 2.11. The number of piperidine rings is 1. The van der Waals surface area contributed by atoms with Crippen LogP contribution in [-0.2, 0) is 11.3 Å². The second-order valence-electron chi connectivity index (χ2n) is 6.95. The van der Waals surface area contributed by atoms with Gasteiger partial charge in [-0.05, 0) is 45.3 Å². The third-order valence-corrected chi connectivity index (χ3v) is 4.65. The molecular formula is C20H34IN5O2. The summed E-state index contributed by atoms with van der Waals surface area (Å²) in [6.07, 6.45) is 2.45. The molecule has 28 heavy (non-hydrogen) atoms. The molecule has 0 saturated carbocycles. The van der Waals surface area contributed by atoms with E-state index < -0.39 is 0 Å². The summed E-state index contributed by atoms with van der Waals surface area (Å²) in [5.74, 6) is 0.496. The highest BCUT2D eigenvalue weighted by molar-refractivity contribution is 14.0. The molecule has 0 aromatic heterocycles. The van der Waals surface area contributed by atoms with Crippen molar-refractivity contribution in [3.63, 3.8) is 0 Å². The Kier molecular flexibility index (Phi) is 11.9. The number of nitrogens with two attached hydrogens (primary N) is 1. The Bertz CT molecular complexity index is 592. The molecule has 0 unspecified atom stereocenters. The zero-order valence-corrected chi connectivity index (χ0v) is 19.3. The minimum absolute atomic E-state index is 0. The third-order valence-electron chi connectivity index (χ3n) is 4.65. The fourth-order valence-corrected chi connectivity index (χ4v) is 3.19. The number of benzene rings is 1. The summed E-state index contributed by atoms with van der Waals surface area (Å²) in [6, 6.07) is 10.7. The first kappa shape index (κ1) is 24.5. The van der Waals surface area contributed by atoms with Crippen LogP contribution in [0.25, 0.3) is 0 Å². The number of hydrogen-bond donors (Lipinski definition) is 2. The molecule has 1 aromatic rings. The van der Waals surface area contributed by atoms with E-state index in [2.05, 4.69) is 46.5 Å². The van der Waals surface area contributed by atoms with E-state index in [1.807, 2.05) is 13.0 Å². The number of carbonyl (C=O) groups is 1. The topological polar surface area (TPSA) is 83.2 Å². The first-order valence-corrected chi connectivity index (χ1v) is 9.79. The maximum Gasteiger partial charge on any atom is 0.409 e. The first-order valence-electron chi connectivity index (χ1n) is 9.79. The lowest BCUT2D eigenvalue weighted by Gasteiger charge is -2.31. The highest BCUT2D eigenvalue weighted by atomic mass is 127. The van der Waals surface area contributed by atoms with Crippen molar-refractivity contribution in [3.05, 3.63) is 35.9 Å². The average molecular weight is 503 g/mol. The van der Waals surface area contributed by atoms with Crippen molar-refractivity contribution >= 4 is 36.0 Å². The SMILES string of the molecule is CCOC(=O)N1CCC(NC(N)=NCCCN(C)Cc2ccccc2)CC1.I. The van der Waals surface area contributed by atoms with Gasteiger partial charge in [0.15, 0.2) is 5.96 Å². The fraction of sp³-hybridized carbons (Fsp3) is 0.600. The van der Waals surface area contributed by atoms with Gasteiger partial charge in [-0.3, -0.25) is 4.99 Å². The number of carbonyl (C=O) groups excluding carboxylic acids is 1. The zero-order chi connectivity index (χ0) is 19.5. The monoisotopic (exact) mass is 503 g/mol. The Morgan fingerprint density at radius 2 is 2.00 bits per heavy atom. The maximum atomic E-state index is 11.7. The minimum Gasteiger partial charge on any atom is -0.450 e. The second kappa shape index (κ2) is 13.6. The lowest BCUT2D eigenvalue weighted by Crippen LogP contribution is -2.48. The van der Waals surface area contributed by atoms with Crippen molar-refractivity contribution in [1.82, 2.24) is 15.1 Å². The van der Waals surface area contributed by atoms with Crippen LogP contribution < -0.4 is 11.1 Å². The number of nitrogens with zero attached hydrogens (tertiary/aromatic N) is 3. The van der Waals surface area contributed by atoms with Gasteiger partial charge in [0.2, 0.25) is 0 Å². The van der Waals surface area contributed by atoms with Gasteiger partial charge in [0.1, 0.15) is 0 Å². The average Bonchev–Trinajstić information content (AvgIpc) is 2.67. The smallest absolute Gasteiger partial charge is 0.409 e. The van der Waals surface area contributed by atoms with E-state index in [1.54, 1.807) is 4.90 Å². The second-order valence-corrected chi connectivity index (χ2v) is 6.95. The van der Waals surface area contributed by atoms with Gasteiger partial charge in [-0.1, -0.05) is 30.3 Å². The van der Waals surface area contributed by atoms with Crippen molar-refractivity contribution in [2.24, 2.45) is 10.7 Å². The molecule has 2 rings (SSSR count). The van der Waals surface area contributed by atoms with E-state index in [4.69, 9.17) is 10.5 Å². The Morgan fingerprint density at radius 1 is 1.32 bits per heavy atom. The number of ether oxygens (including phenoxy) is 1. The molecule has 1 saturated heterocycles. The minimum atomic E-state index is -0.225. The highest BCUT2D eigenvalue weighted by Gasteiger charge is 2.23. The van der Waals surface area contributed by atoms with E-state index in [-0.39, 0.29) is 36.1 Å². The zero-order valence-electron chi connectivity index (χ0n) is 17.0. The van der Waals surface area contributed by atoms with E-state index in [0.717, 1.165) is 32.4 Å². The Morgan fingerprint density at radius 3 is 2.64 bits per heavy atom. The summed E-state index contributed by atoms with van der Waals surface area (Å²) >= 11 is 0. The summed E-state index contributed by atoms with van der Waals surface area (Å²) in [6.45, 7) is 6.24. The Labute approximate surface area is 185 Å².